The van der Waals surface area contributed by atoms with Crippen molar-refractivity contribution in [2.75, 3.05) is 23.3 Å². The molecule has 7 nitrogen and oxygen atoms in total. The van der Waals surface area contributed by atoms with Crippen molar-refractivity contribution in [1.82, 2.24) is 24.9 Å². The van der Waals surface area contributed by atoms with Crippen molar-refractivity contribution in [3.63, 3.8) is 0 Å². The van der Waals surface area contributed by atoms with Crippen LogP contribution in [0.4, 0.5) is 11.8 Å². The average molecular weight is 375 g/mol. The first-order chi connectivity index (χ1) is 13.8. The number of pyridine rings is 1. The van der Waals surface area contributed by atoms with Crippen LogP contribution in [0.5, 0.6) is 0 Å². The number of aromatic nitrogens is 5. The van der Waals surface area contributed by atoms with Crippen LogP contribution in [-0.2, 0) is 6.54 Å². The number of rotatable bonds is 4. The van der Waals surface area contributed by atoms with E-state index in [4.69, 9.17) is 9.97 Å². The molecule has 1 unspecified atom stereocenters. The van der Waals surface area contributed by atoms with Crippen LogP contribution in [0.25, 0.3) is 11.0 Å². The molecule has 1 spiro atoms. The Labute approximate surface area is 164 Å². The highest BCUT2D eigenvalue weighted by atomic mass is 15.3. The minimum absolute atomic E-state index is 0.379. The molecule has 3 aromatic heterocycles. The van der Waals surface area contributed by atoms with Gasteiger partial charge in [0.1, 0.15) is 5.52 Å². The van der Waals surface area contributed by atoms with Crippen LogP contribution >= 0.6 is 0 Å². The molecule has 1 atom stereocenters. The zero-order valence-electron chi connectivity index (χ0n) is 15.9. The fraction of sp³-hybridized carbons (Fsp3) is 0.429. The molecule has 1 aliphatic carbocycles. The number of anilines is 2. The molecular weight excluding hydrogens is 350 g/mol. The summed E-state index contributed by atoms with van der Waals surface area (Å²) in [5.41, 5.74) is 3.07. The third kappa shape index (κ3) is 3.32. The minimum Gasteiger partial charge on any atom is -0.362 e. The Morgan fingerprint density at radius 2 is 2.21 bits per heavy atom. The highest BCUT2D eigenvalue weighted by Gasteiger charge is 2.36. The second kappa shape index (κ2) is 7.22. The number of nitrogens with one attached hydrogen (secondary N) is 2. The number of piperidine rings is 1. The van der Waals surface area contributed by atoms with Gasteiger partial charge in [0, 0.05) is 25.5 Å². The van der Waals surface area contributed by atoms with E-state index in [0.29, 0.717) is 12.0 Å². The van der Waals surface area contributed by atoms with Crippen LogP contribution in [-0.4, -0.2) is 38.0 Å². The average Bonchev–Trinajstić information content (AvgIpc) is 3.26. The summed E-state index contributed by atoms with van der Waals surface area (Å²) in [5.74, 6) is 1.58. The summed E-state index contributed by atoms with van der Waals surface area (Å²) >= 11 is 0. The van der Waals surface area contributed by atoms with E-state index >= 15 is 0 Å². The van der Waals surface area contributed by atoms with Crippen molar-refractivity contribution in [1.29, 1.82) is 0 Å². The topological polar surface area (TPSA) is 82.6 Å². The largest absolute Gasteiger partial charge is 0.362 e. The Morgan fingerprint density at radius 1 is 1.21 bits per heavy atom. The number of allylic oxidation sites excluding steroid dienone is 2. The van der Waals surface area contributed by atoms with Gasteiger partial charge >= 0.3 is 0 Å². The van der Waals surface area contributed by atoms with Gasteiger partial charge in [-0.15, -0.1) is 0 Å². The van der Waals surface area contributed by atoms with E-state index < -0.39 is 0 Å². The predicted octanol–water partition coefficient (Wildman–Crippen LogP) is 3.69. The van der Waals surface area contributed by atoms with E-state index in [1.165, 1.54) is 32.1 Å². The van der Waals surface area contributed by atoms with Crippen molar-refractivity contribution in [2.24, 2.45) is 5.41 Å². The molecule has 144 valence electrons. The molecule has 2 N–H and O–H groups in total. The number of H-pyrrole nitrogens is 1. The third-order valence-electron chi connectivity index (χ3n) is 5.95. The summed E-state index contributed by atoms with van der Waals surface area (Å²) in [4.78, 5) is 23.8. The van der Waals surface area contributed by atoms with Crippen molar-refractivity contribution >= 4 is 22.8 Å². The summed E-state index contributed by atoms with van der Waals surface area (Å²) < 4.78 is 0. The molecule has 3 aromatic rings. The standard InChI is InChI=1S/C21H25N7/c1-2-7-21(8-3-1)9-5-11-28(14-21)20-26-17-6-4-10-23-18(17)19(27-20)24-13-16-12-22-15-25-16/h1-2,4,6,10,12,15H,3,5,7-9,11,13-14H2,(H,22,25)(H,24,26,27). The summed E-state index contributed by atoms with van der Waals surface area (Å²) in [5, 5.41) is 3.42. The fourth-order valence-electron chi connectivity index (χ4n) is 4.47. The van der Waals surface area contributed by atoms with Crippen molar-refractivity contribution in [3.05, 3.63) is 48.7 Å². The van der Waals surface area contributed by atoms with Gasteiger partial charge in [0.05, 0.1) is 24.1 Å². The van der Waals surface area contributed by atoms with Gasteiger partial charge in [0.2, 0.25) is 5.95 Å². The molecule has 28 heavy (non-hydrogen) atoms. The first-order valence-corrected chi connectivity index (χ1v) is 10.1. The number of imidazole rings is 1. The van der Waals surface area contributed by atoms with E-state index in [1.807, 2.05) is 18.3 Å². The molecule has 1 aliphatic heterocycles. The first kappa shape index (κ1) is 17.2. The van der Waals surface area contributed by atoms with Crippen LogP contribution in [0.3, 0.4) is 0 Å². The lowest BCUT2D eigenvalue weighted by molar-refractivity contribution is 0.208. The predicted molar refractivity (Wildman–Crippen MR) is 110 cm³/mol. The van der Waals surface area contributed by atoms with E-state index in [0.717, 1.165) is 41.6 Å². The second-order valence-electron chi connectivity index (χ2n) is 7.91. The maximum Gasteiger partial charge on any atom is 0.228 e. The van der Waals surface area contributed by atoms with Gasteiger partial charge < -0.3 is 15.2 Å². The van der Waals surface area contributed by atoms with Gasteiger partial charge in [0.15, 0.2) is 5.82 Å². The molecule has 4 heterocycles. The van der Waals surface area contributed by atoms with Gasteiger partial charge in [0.25, 0.3) is 0 Å². The summed E-state index contributed by atoms with van der Waals surface area (Å²) in [7, 11) is 0. The molecule has 0 saturated carbocycles. The zero-order valence-corrected chi connectivity index (χ0v) is 15.9. The Kier molecular flexibility index (Phi) is 4.43. The highest BCUT2D eigenvalue weighted by molar-refractivity contribution is 5.86. The smallest absolute Gasteiger partial charge is 0.228 e. The number of fused-ring (bicyclic) bond motifs is 1. The number of aromatic amines is 1. The summed E-state index contributed by atoms with van der Waals surface area (Å²) in [6, 6.07) is 3.94. The van der Waals surface area contributed by atoms with Gasteiger partial charge in [-0.2, -0.15) is 4.98 Å². The van der Waals surface area contributed by atoms with Crippen LogP contribution in [0.15, 0.2) is 43.0 Å². The molecule has 1 saturated heterocycles. The molecule has 0 bridgehead atoms. The normalized spacial score (nSPS) is 22.1. The molecule has 2 aliphatic rings. The molecule has 0 amide bonds. The van der Waals surface area contributed by atoms with E-state index in [1.54, 1.807) is 12.5 Å². The quantitative estimate of drug-likeness (QED) is 0.677. The van der Waals surface area contributed by atoms with Gasteiger partial charge in [-0.25, -0.2) is 9.97 Å². The van der Waals surface area contributed by atoms with Crippen molar-refractivity contribution in [2.45, 2.75) is 38.6 Å². The minimum atomic E-state index is 0.379. The van der Waals surface area contributed by atoms with E-state index in [9.17, 15) is 0 Å². The van der Waals surface area contributed by atoms with Gasteiger partial charge in [-0.3, -0.25) is 4.98 Å². The lowest BCUT2D eigenvalue weighted by Crippen LogP contribution is -2.44. The van der Waals surface area contributed by atoms with Crippen LogP contribution in [0.2, 0.25) is 0 Å². The lowest BCUT2D eigenvalue weighted by Gasteiger charge is -2.44. The molecule has 5 rings (SSSR count). The van der Waals surface area contributed by atoms with Gasteiger partial charge in [-0.1, -0.05) is 12.2 Å². The third-order valence-corrected chi connectivity index (χ3v) is 5.95. The van der Waals surface area contributed by atoms with E-state index in [-0.39, 0.29) is 0 Å². The van der Waals surface area contributed by atoms with Crippen LogP contribution < -0.4 is 10.2 Å². The molecule has 0 radical (unpaired) electrons. The van der Waals surface area contributed by atoms with E-state index in [2.05, 4.69) is 37.3 Å². The van der Waals surface area contributed by atoms with Crippen molar-refractivity contribution in [3.8, 4) is 0 Å². The number of hydrogen-bond acceptors (Lipinski definition) is 6. The number of nitrogens with zero attached hydrogens (tertiary/aromatic N) is 5. The maximum absolute atomic E-state index is 4.89. The Bertz CT molecular complexity index is 982. The van der Waals surface area contributed by atoms with Crippen LogP contribution in [0, 0.1) is 5.41 Å². The Morgan fingerprint density at radius 3 is 3.07 bits per heavy atom. The molecule has 0 aromatic carbocycles. The zero-order chi connectivity index (χ0) is 18.8. The number of hydrogen-bond donors (Lipinski definition) is 2. The highest BCUT2D eigenvalue weighted by Crippen LogP contribution is 2.41. The maximum atomic E-state index is 4.89. The molecule has 1 fully saturated rings. The Hall–Kier alpha value is -2.96. The van der Waals surface area contributed by atoms with Crippen molar-refractivity contribution < 1.29 is 0 Å². The molecule has 7 heteroatoms. The van der Waals surface area contributed by atoms with Crippen LogP contribution in [0.1, 0.15) is 37.8 Å². The fourth-order valence-corrected chi connectivity index (χ4v) is 4.47. The first-order valence-electron chi connectivity index (χ1n) is 10.1. The van der Waals surface area contributed by atoms with Gasteiger partial charge in [-0.05, 0) is 49.7 Å². The monoisotopic (exact) mass is 375 g/mol. The molecular formula is C21H25N7. The SMILES string of the molecule is C1=CCC2(CC1)CCCN(c1nc(NCc3cnc[nH]3)c3ncccc3n1)C2. The lowest BCUT2D eigenvalue weighted by atomic mass is 9.71. The summed E-state index contributed by atoms with van der Waals surface area (Å²) in [6.07, 6.45) is 16.1. The second-order valence-corrected chi connectivity index (χ2v) is 7.91. The Balaban J connectivity index is 1.46. The summed E-state index contributed by atoms with van der Waals surface area (Å²) in [6.45, 7) is 2.66.